The zero-order valence-electron chi connectivity index (χ0n) is 12.0. The van der Waals surface area contributed by atoms with Crippen LogP contribution in [0.4, 0.5) is 0 Å². The molecule has 2 rings (SSSR count). The first-order valence-electron chi connectivity index (χ1n) is 6.82. The van der Waals surface area contributed by atoms with Gasteiger partial charge in [0.25, 0.3) is 0 Å². The van der Waals surface area contributed by atoms with E-state index in [4.69, 9.17) is 13.9 Å². The zero-order valence-corrected chi connectivity index (χ0v) is 12.9. The van der Waals surface area contributed by atoms with Gasteiger partial charge in [-0.3, -0.25) is 9.36 Å². The van der Waals surface area contributed by atoms with Gasteiger partial charge >= 0.3 is 7.60 Å². The molecule has 0 bridgehead atoms. The van der Waals surface area contributed by atoms with Crippen LogP contribution >= 0.6 is 7.60 Å². The standard InChI is InChI=1S/C14H18NO5P/c1-3-18-21(17,19-4-2)13-10-12(15-20-13)14(16)11-8-6-5-7-9-11/h5-9,13H,3-4,10H2,1-2H3. The molecule has 1 unspecified atom stereocenters. The highest BCUT2D eigenvalue weighted by molar-refractivity contribution is 7.54. The molecule has 1 aromatic rings. The van der Waals surface area contributed by atoms with Crippen molar-refractivity contribution in [3.8, 4) is 0 Å². The lowest BCUT2D eigenvalue weighted by Crippen LogP contribution is -2.17. The van der Waals surface area contributed by atoms with Gasteiger partial charge < -0.3 is 13.9 Å². The third-order valence-electron chi connectivity index (χ3n) is 2.92. The topological polar surface area (TPSA) is 74.2 Å². The fourth-order valence-electron chi connectivity index (χ4n) is 1.99. The molecule has 7 heteroatoms. The highest BCUT2D eigenvalue weighted by atomic mass is 31.2. The number of carbonyl (C=O) groups is 1. The lowest BCUT2D eigenvalue weighted by atomic mass is 10.1. The van der Waals surface area contributed by atoms with E-state index in [2.05, 4.69) is 5.16 Å². The molecule has 1 heterocycles. The van der Waals surface area contributed by atoms with Crippen molar-refractivity contribution >= 4 is 19.1 Å². The Hall–Kier alpha value is -1.49. The Labute approximate surface area is 123 Å². The lowest BCUT2D eigenvalue weighted by Gasteiger charge is -2.20. The molecule has 1 aliphatic rings. The van der Waals surface area contributed by atoms with E-state index in [1.807, 2.05) is 6.07 Å². The van der Waals surface area contributed by atoms with Crippen LogP contribution in [0, 0.1) is 0 Å². The number of hydrogen-bond acceptors (Lipinski definition) is 6. The quantitative estimate of drug-likeness (QED) is 0.571. The largest absolute Gasteiger partial charge is 0.379 e. The van der Waals surface area contributed by atoms with Crippen LogP contribution in [0.5, 0.6) is 0 Å². The molecule has 0 saturated carbocycles. The van der Waals surface area contributed by atoms with Crippen LogP contribution in [0.25, 0.3) is 0 Å². The minimum atomic E-state index is -3.42. The van der Waals surface area contributed by atoms with Crippen LogP contribution in [-0.4, -0.2) is 30.6 Å². The van der Waals surface area contributed by atoms with Gasteiger partial charge in [-0.15, -0.1) is 0 Å². The van der Waals surface area contributed by atoms with E-state index >= 15 is 0 Å². The van der Waals surface area contributed by atoms with Crippen LogP contribution in [-0.2, 0) is 18.5 Å². The number of benzene rings is 1. The zero-order chi connectivity index (χ0) is 15.3. The third-order valence-corrected chi connectivity index (χ3v) is 5.14. The Morgan fingerprint density at radius 3 is 2.48 bits per heavy atom. The smallest absolute Gasteiger partial charge is 0.374 e. The molecular weight excluding hydrogens is 293 g/mol. The molecule has 0 spiro atoms. The van der Waals surface area contributed by atoms with Crippen LogP contribution in [0.2, 0.25) is 0 Å². The molecule has 0 aliphatic carbocycles. The molecule has 0 amide bonds. The SMILES string of the molecule is CCOP(=O)(OCC)C1CC(C(=O)c2ccccc2)=NO1. The highest BCUT2D eigenvalue weighted by Crippen LogP contribution is 2.56. The summed E-state index contributed by atoms with van der Waals surface area (Å²) in [7, 11) is -3.42. The maximum Gasteiger partial charge on any atom is 0.374 e. The summed E-state index contributed by atoms with van der Waals surface area (Å²) in [5.41, 5.74) is 0.744. The van der Waals surface area contributed by atoms with E-state index in [1.54, 1.807) is 38.1 Å². The molecule has 1 aliphatic heterocycles. The summed E-state index contributed by atoms with van der Waals surface area (Å²) in [6, 6.07) is 8.76. The van der Waals surface area contributed by atoms with E-state index in [9.17, 15) is 9.36 Å². The predicted octanol–water partition coefficient (Wildman–Crippen LogP) is 3.24. The van der Waals surface area contributed by atoms with Gasteiger partial charge in [0, 0.05) is 12.0 Å². The Bertz CT molecular complexity index is 562. The molecule has 0 radical (unpaired) electrons. The Kier molecular flexibility index (Phi) is 5.28. The second kappa shape index (κ2) is 6.98. The normalized spacial score (nSPS) is 18.2. The second-order valence-electron chi connectivity index (χ2n) is 4.37. The van der Waals surface area contributed by atoms with Crippen molar-refractivity contribution in [2.75, 3.05) is 13.2 Å². The predicted molar refractivity (Wildman–Crippen MR) is 78.6 cm³/mol. The van der Waals surface area contributed by atoms with Crippen molar-refractivity contribution in [3.63, 3.8) is 0 Å². The summed E-state index contributed by atoms with van der Waals surface area (Å²) < 4.78 is 23.0. The number of hydrogen-bond donors (Lipinski definition) is 0. The Morgan fingerprint density at radius 1 is 1.29 bits per heavy atom. The fourth-order valence-corrected chi connectivity index (χ4v) is 3.67. The summed E-state index contributed by atoms with van der Waals surface area (Å²) in [5, 5.41) is 3.76. The number of Topliss-reactive ketones (excluding diaryl/α,β-unsaturated/α-hetero) is 1. The van der Waals surface area contributed by atoms with Gasteiger partial charge in [-0.2, -0.15) is 0 Å². The molecule has 0 aromatic heterocycles. The van der Waals surface area contributed by atoms with E-state index in [1.165, 1.54) is 0 Å². The molecule has 1 aromatic carbocycles. The number of oxime groups is 1. The fraction of sp³-hybridized carbons (Fsp3) is 0.429. The highest BCUT2D eigenvalue weighted by Gasteiger charge is 2.43. The molecule has 0 N–H and O–H groups in total. The van der Waals surface area contributed by atoms with Gasteiger partial charge in [0.05, 0.1) is 13.2 Å². The van der Waals surface area contributed by atoms with Gasteiger partial charge in [-0.05, 0) is 13.8 Å². The molecule has 114 valence electrons. The average Bonchev–Trinajstić information content (AvgIpc) is 2.98. The minimum absolute atomic E-state index is 0.116. The van der Waals surface area contributed by atoms with Gasteiger partial charge in [0.1, 0.15) is 5.71 Å². The first-order chi connectivity index (χ1) is 10.1. The van der Waals surface area contributed by atoms with Crippen LogP contribution in [0.3, 0.4) is 0 Å². The first-order valence-corrected chi connectivity index (χ1v) is 8.43. The van der Waals surface area contributed by atoms with E-state index < -0.39 is 13.4 Å². The molecular formula is C14H18NO5P. The summed E-state index contributed by atoms with van der Waals surface area (Å²) in [6.07, 6.45) is 0.116. The Balaban J connectivity index is 2.08. The number of rotatable bonds is 7. The summed E-state index contributed by atoms with van der Waals surface area (Å²) in [6.45, 7) is 3.91. The number of carbonyl (C=O) groups excluding carboxylic acids is 1. The maximum absolute atomic E-state index is 12.6. The summed E-state index contributed by atoms with van der Waals surface area (Å²) in [5.74, 6) is -1.10. The molecule has 1 atom stereocenters. The van der Waals surface area contributed by atoms with Crippen LogP contribution in [0.1, 0.15) is 30.6 Å². The third kappa shape index (κ3) is 3.59. The number of ketones is 1. The van der Waals surface area contributed by atoms with Gasteiger partial charge in [-0.25, -0.2) is 0 Å². The van der Waals surface area contributed by atoms with Crippen molar-refractivity contribution in [3.05, 3.63) is 35.9 Å². The molecule has 0 saturated heterocycles. The summed E-state index contributed by atoms with van der Waals surface area (Å²) in [4.78, 5) is 17.4. The van der Waals surface area contributed by atoms with E-state index in [0.717, 1.165) is 0 Å². The van der Waals surface area contributed by atoms with Crippen molar-refractivity contribution in [2.24, 2.45) is 5.16 Å². The van der Waals surface area contributed by atoms with E-state index in [0.29, 0.717) is 5.56 Å². The van der Waals surface area contributed by atoms with E-state index in [-0.39, 0.29) is 31.1 Å². The molecule has 0 fully saturated rings. The first kappa shape index (κ1) is 15.9. The van der Waals surface area contributed by atoms with Gasteiger partial charge in [0.2, 0.25) is 11.6 Å². The van der Waals surface area contributed by atoms with Gasteiger partial charge in [0.15, 0.2) is 0 Å². The van der Waals surface area contributed by atoms with Crippen LogP contribution in [0.15, 0.2) is 35.5 Å². The average molecular weight is 311 g/mol. The summed E-state index contributed by atoms with van der Waals surface area (Å²) >= 11 is 0. The molecule has 21 heavy (non-hydrogen) atoms. The number of nitrogens with zero attached hydrogens (tertiary/aromatic N) is 1. The Morgan fingerprint density at radius 2 is 1.90 bits per heavy atom. The minimum Gasteiger partial charge on any atom is -0.379 e. The van der Waals surface area contributed by atoms with Crippen molar-refractivity contribution in [1.29, 1.82) is 0 Å². The van der Waals surface area contributed by atoms with Crippen molar-refractivity contribution in [1.82, 2.24) is 0 Å². The maximum atomic E-state index is 12.6. The van der Waals surface area contributed by atoms with Gasteiger partial charge in [-0.1, -0.05) is 35.5 Å². The van der Waals surface area contributed by atoms with Crippen molar-refractivity contribution in [2.45, 2.75) is 26.1 Å². The van der Waals surface area contributed by atoms with Crippen LogP contribution < -0.4 is 0 Å². The second-order valence-corrected chi connectivity index (χ2v) is 6.54. The van der Waals surface area contributed by atoms with Crippen molar-refractivity contribution < 1.29 is 23.2 Å². The monoisotopic (exact) mass is 311 g/mol. The lowest BCUT2D eigenvalue weighted by molar-refractivity contribution is 0.0955. The molecule has 6 nitrogen and oxygen atoms in total.